The Morgan fingerprint density at radius 3 is 2.67 bits per heavy atom. The van der Waals surface area contributed by atoms with E-state index in [9.17, 15) is 4.79 Å². The van der Waals surface area contributed by atoms with Crippen LogP contribution >= 0.6 is 23.2 Å². The highest BCUT2D eigenvalue weighted by Crippen LogP contribution is 2.20. The molecule has 0 aliphatic rings. The standard InChI is InChI=1S/C21H22Cl2N6O/c1-24-21(26-13-16-6-7-17(22)11-19(16)23)25-12-15-4-2-5-18(10-15)28-20(30)14-29-9-3-8-27-29/h2-11H,12-14H2,1H3,(H,28,30)(H2,24,25,26). The van der Waals surface area contributed by atoms with Gasteiger partial charge in [0.25, 0.3) is 0 Å². The van der Waals surface area contributed by atoms with Crippen LogP contribution in [0.4, 0.5) is 5.69 Å². The van der Waals surface area contributed by atoms with E-state index in [1.54, 1.807) is 42.3 Å². The molecular weight excluding hydrogens is 423 g/mol. The Morgan fingerprint density at radius 2 is 1.93 bits per heavy atom. The smallest absolute Gasteiger partial charge is 0.246 e. The van der Waals surface area contributed by atoms with Crippen LogP contribution in [0.15, 0.2) is 65.9 Å². The van der Waals surface area contributed by atoms with Crippen LogP contribution in [0.3, 0.4) is 0 Å². The van der Waals surface area contributed by atoms with Gasteiger partial charge in [-0.1, -0.05) is 41.4 Å². The number of guanidine groups is 1. The largest absolute Gasteiger partial charge is 0.352 e. The minimum absolute atomic E-state index is 0.138. The molecule has 0 aliphatic carbocycles. The van der Waals surface area contributed by atoms with Crippen molar-refractivity contribution >= 4 is 40.8 Å². The summed E-state index contributed by atoms with van der Waals surface area (Å²) in [6.45, 7) is 1.22. The van der Waals surface area contributed by atoms with Crippen LogP contribution in [0.2, 0.25) is 10.0 Å². The third-order valence-corrected chi connectivity index (χ3v) is 4.81. The van der Waals surface area contributed by atoms with Gasteiger partial charge in [0, 0.05) is 48.3 Å². The average Bonchev–Trinajstić information content (AvgIpc) is 3.22. The lowest BCUT2D eigenvalue weighted by molar-refractivity contribution is -0.116. The number of anilines is 1. The van der Waals surface area contributed by atoms with Crippen molar-refractivity contribution in [3.63, 3.8) is 0 Å². The summed E-state index contributed by atoms with van der Waals surface area (Å²) in [4.78, 5) is 16.4. The van der Waals surface area contributed by atoms with Gasteiger partial charge in [-0.3, -0.25) is 14.5 Å². The molecule has 3 rings (SSSR count). The topological polar surface area (TPSA) is 83.3 Å². The number of amides is 1. The van der Waals surface area contributed by atoms with Gasteiger partial charge in [-0.05, 0) is 41.5 Å². The fourth-order valence-electron chi connectivity index (χ4n) is 2.75. The van der Waals surface area contributed by atoms with Gasteiger partial charge in [-0.2, -0.15) is 5.10 Å². The Balaban J connectivity index is 1.51. The molecule has 3 N–H and O–H groups in total. The van der Waals surface area contributed by atoms with Gasteiger partial charge < -0.3 is 16.0 Å². The molecular formula is C21H22Cl2N6O. The Labute approximate surface area is 185 Å². The summed E-state index contributed by atoms with van der Waals surface area (Å²) >= 11 is 12.1. The third kappa shape index (κ3) is 6.50. The van der Waals surface area contributed by atoms with Crippen molar-refractivity contribution in [2.75, 3.05) is 12.4 Å². The lowest BCUT2D eigenvalue weighted by Crippen LogP contribution is -2.36. The molecule has 3 aromatic rings. The van der Waals surface area contributed by atoms with Crippen molar-refractivity contribution in [1.82, 2.24) is 20.4 Å². The fourth-order valence-corrected chi connectivity index (χ4v) is 3.23. The Hall–Kier alpha value is -3.03. The summed E-state index contributed by atoms with van der Waals surface area (Å²) in [5.41, 5.74) is 2.65. The zero-order valence-corrected chi connectivity index (χ0v) is 17.9. The highest BCUT2D eigenvalue weighted by molar-refractivity contribution is 6.35. The second kappa shape index (κ2) is 10.7. The van der Waals surface area contributed by atoms with Gasteiger partial charge in [0.05, 0.1) is 0 Å². The SMILES string of the molecule is CN=C(NCc1cccc(NC(=O)Cn2cccn2)c1)NCc1ccc(Cl)cc1Cl. The van der Waals surface area contributed by atoms with Crippen LogP contribution in [-0.2, 0) is 24.4 Å². The van der Waals surface area contributed by atoms with E-state index in [2.05, 4.69) is 26.0 Å². The number of carbonyl (C=O) groups excluding carboxylic acids is 1. The summed E-state index contributed by atoms with van der Waals surface area (Å²) in [6, 6.07) is 14.8. The average molecular weight is 445 g/mol. The molecule has 156 valence electrons. The van der Waals surface area contributed by atoms with Gasteiger partial charge in [0.2, 0.25) is 5.91 Å². The highest BCUT2D eigenvalue weighted by atomic mass is 35.5. The molecule has 0 saturated carbocycles. The first-order valence-corrected chi connectivity index (χ1v) is 10.0. The zero-order chi connectivity index (χ0) is 21.3. The van der Waals surface area contributed by atoms with E-state index in [0.717, 1.165) is 16.8 Å². The molecule has 2 aromatic carbocycles. The van der Waals surface area contributed by atoms with Crippen molar-refractivity contribution in [2.45, 2.75) is 19.6 Å². The van der Waals surface area contributed by atoms with Crippen LogP contribution < -0.4 is 16.0 Å². The van der Waals surface area contributed by atoms with E-state index < -0.39 is 0 Å². The summed E-state index contributed by atoms with van der Waals surface area (Å²) in [7, 11) is 1.70. The lowest BCUT2D eigenvalue weighted by Gasteiger charge is -2.13. The third-order valence-electron chi connectivity index (χ3n) is 4.22. The monoisotopic (exact) mass is 444 g/mol. The second-order valence-electron chi connectivity index (χ2n) is 6.47. The maximum absolute atomic E-state index is 12.1. The number of benzene rings is 2. The molecule has 1 aromatic heterocycles. The minimum Gasteiger partial charge on any atom is -0.352 e. The lowest BCUT2D eigenvalue weighted by atomic mass is 10.2. The minimum atomic E-state index is -0.138. The van der Waals surface area contributed by atoms with Gasteiger partial charge in [0.1, 0.15) is 6.54 Å². The van der Waals surface area contributed by atoms with Crippen LogP contribution in [-0.4, -0.2) is 28.7 Å². The van der Waals surface area contributed by atoms with Crippen molar-refractivity contribution < 1.29 is 4.79 Å². The Bertz CT molecular complexity index is 1020. The summed E-state index contributed by atoms with van der Waals surface area (Å²) in [5, 5.41) is 14.6. The Morgan fingerprint density at radius 1 is 1.10 bits per heavy atom. The molecule has 0 spiro atoms. The number of carbonyl (C=O) groups is 1. The van der Waals surface area contributed by atoms with Gasteiger partial charge >= 0.3 is 0 Å². The normalized spacial score (nSPS) is 11.2. The molecule has 0 bridgehead atoms. The van der Waals surface area contributed by atoms with Gasteiger partial charge in [-0.15, -0.1) is 0 Å². The zero-order valence-electron chi connectivity index (χ0n) is 16.4. The molecule has 30 heavy (non-hydrogen) atoms. The number of hydrogen-bond donors (Lipinski definition) is 3. The molecule has 0 aliphatic heterocycles. The molecule has 9 heteroatoms. The van der Waals surface area contributed by atoms with Crippen molar-refractivity contribution in [3.05, 3.63) is 82.1 Å². The predicted octanol–water partition coefficient (Wildman–Crippen LogP) is 3.69. The van der Waals surface area contributed by atoms with E-state index >= 15 is 0 Å². The van der Waals surface area contributed by atoms with Crippen molar-refractivity contribution in [2.24, 2.45) is 4.99 Å². The molecule has 7 nitrogen and oxygen atoms in total. The van der Waals surface area contributed by atoms with Crippen LogP contribution in [0.5, 0.6) is 0 Å². The molecule has 0 unspecified atom stereocenters. The Kier molecular flexibility index (Phi) is 7.70. The quantitative estimate of drug-likeness (QED) is 0.383. The number of nitrogens with one attached hydrogen (secondary N) is 3. The van der Waals surface area contributed by atoms with Crippen molar-refractivity contribution in [3.8, 4) is 0 Å². The molecule has 1 heterocycles. The molecule has 0 atom stereocenters. The van der Waals surface area contributed by atoms with E-state index in [0.29, 0.717) is 29.1 Å². The first-order chi connectivity index (χ1) is 14.5. The summed E-state index contributed by atoms with van der Waals surface area (Å²) in [5.74, 6) is 0.496. The molecule has 0 saturated heterocycles. The van der Waals surface area contributed by atoms with E-state index in [1.807, 2.05) is 30.3 Å². The first-order valence-electron chi connectivity index (χ1n) is 9.28. The van der Waals surface area contributed by atoms with Crippen LogP contribution in [0, 0.1) is 0 Å². The highest BCUT2D eigenvalue weighted by Gasteiger charge is 2.06. The van der Waals surface area contributed by atoms with Gasteiger partial charge in [-0.25, -0.2) is 0 Å². The number of halogens is 2. The first kappa shape index (κ1) is 21.7. The van der Waals surface area contributed by atoms with Crippen LogP contribution in [0.25, 0.3) is 0 Å². The van der Waals surface area contributed by atoms with Crippen molar-refractivity contribution in [1.29, 1.82) is 0 Å². The molecule has 0 fully saturated rings. The number of aromatic nitrogens is 2. The second-order valence-corrected chi connectivity index (χ2v) is 7.31. The summed E-state index contributed by atoms with van der Waals surface area (Å²) in [6.07, 6.45) is 3.39. The van der Waals surface area contributed by atoms with Gasteiger partial charge in [0.15, 0.2) is 5.96 Å². The number of nitrogens with zero attached hydrogens (tertiary/aromatic N) is 3. The maximum atomic E-state index is 12.1. The maximum Gasteiger partial charge on any atom is 0.246 e. The number of rotatable bonds is 7. The van der Waals surface area contributed by atoms with E-state index in [4.69, 9.17) is 23.2 Å². The van der Waals surface area contributed by atoms with Crippen LogP contribution in [0.1, 0.15) is 11.1 Å². The molecule has 0 radical (unpaired) electrons. The van der Waals surface area contributed by atoms with E-state index in [1.165, 1.54) is 0 Å². The molecule has 1 amide bonds. The number of hydrogen-bond acceptors (Lipinski definition) is 3. The predicted molar refractivity (Wildman–Crippen MR) is 121 cm³/mol. The summed E-state index contributed by atoms with van der Waals surface area (Å²) < 4.78 is 1.57. The fraction of sp³-hybridized carbons (Fsp3) is 0.190. The van der Waals surface area contributed by atoms with E-state index in [-0.39, 0.29) is 12.5 Å². The number of aliphatic imine (C=N–C) groups is 1.